The lowest BCUT2D eigenvalue weighted by Crippen LogP contribution is -2.44. The van der Waals surface area contributed by atoms with Crippen LogP contribution >= 0.6 is 0 Å². The van der Waals surface area contributed by atoms with Crippen LogP contribution < -0.4 is 0 Å². The Hall–Kier alpha value is -1.55. The standard InChI is InChI=1S/C16H23NO3/c1-16(2,3)20-15(19)17-10-9-13(18)11-14(17)12-7-5-4-6-8-12/h4-8,13-14,18H,9-11H2,1-3H3/t13?,14-/m0/s1. The zero-order valence-corrected chi connectivity index (χ0v) is 12.4. The van der Waals surface area contributed by atoms with E-state index in [4.69, 9.17) is 4.74 Å². The van der Waals surface area contributed by atoms with E-state index in [0.29, 0.717) is 19.4 Å². The van der Waals surface area contributed by atoms with Gasteiger partial charge in [-0.25, -0.2) is 4.79 Å². The van der Waals surface area contributed by atoms with Crippen LogP contribution in [0.3, 0.4) is 0 Å². The van der Waals surface area contributed by atoms with Crippen LogP contribution in [0.4, 0.5) is 4.79 Å². The SMILES string of the molecule is CC(C)(C)OC(=O)N1CCC(O)C[C@H]1c1ccccc1. The van der Waals surface area contributed by atoms with Crippen LogP contribution in [0, 0.1) is 0 Å². The zero-order chi connectivity index (χ0) is 14.8. The average Bonchev–Trinajstić information content (AvgIpc) is 2.37. The molecule has 1 aromatic carbocycles. The number of piperidine rings is 1. The van der Waals surface area contributed by atoms with Gasteiger partial charge in [0.2, 0.25) is 0 Å². The fourth-order valence-electron chi connectivity index (χ4n) is 2.48. The Balaban J connectivity index is 2.19. The van der Waals surface area contributed by atoms with Gasteiger partial charge in [0.15, 0.2) is 0 Å². The maximum absolute atomic E-state index is 12.3. The Bertz CT molecular complexity index is 453. The summed E-state index contributed by atoms with van der Waals surface area (Å²) in [7, 11) is 0. The molecule has 1 saturated heterocycles. The van der Waals surface area contributed by atoms with Gasteiger partial charge in [0.05, 0.1) is 12.1 Å². The first kappa shape index (κ1) is 14.9. The van der Waals surface area contributed by atoms with Gasteiger partial charge in [0.1, 0.15) is 5.60 Å². The molecule has 2 atom stereocenters. The van der Waals surface area contributed by atoms with Crippen LogP contribution in [-0.2, 0) is 4.74 Å². The van der Waals surface area contributed by atoms with Crippen LogP contribution in [0.2, 0.25) is 0 Å². The summed E-state index contributed by atoms with van der Waals surface area (Å²) in [5.41, 5.74) is 0.533. The van der Waals surface area contributed by atoms with Crippen molar-refractivity contribution in [1.82, 2.24) is 4.90 Å². The number of hydrogen-bond donors (Lipinski definition) is 1. The molecule has 20 heavy (non-hydrogen) atoms. The molecule has 1 unspecified atom stereocenters. The zero-order valence-electron chi connectivity index (χ0n) is 12.4. The second kappa shape index (κ2) is 5.83. The first-order valence-corrected chi connectivity index (χ1v) is 7.09. The molecular weight excluding hydrogens is 254 g/mol. The van der Waals surface area contributed by atoms with E-state index in [0.717, 1.165) is 5.56 Å². The lowest BCUT2D eigenvalue weighted by Gasteiger charge is -2.38. The molecule has 110 valence electrons. The number of aliphatic hydroxyl groups excluding tert-OH is 1. The summed E-state index contributed by atoms with van der Waals surface area (Å²) >= 11 is 0. The number of aliphatic hydroxyl groups is 1. The first-order chi connectivity index (χ1) is 9.37. The topological polar surface area (TPSA) is 49.8 Å². The molecule has 0 aromatic heterocycles. The molecule has 2 rings (SSSR count). The second-order valence-corrected chi connectivity index (χ2v) is 6.28. The van der Waals surface area contributed by atoms with Crippen LogP contribution in [0.25, 0.3) is 0 Å². The Morgan fingerprint density at radius 2 is 1.95 bits per heavy atom. The molecule has 0 aliphatic carbocycles. The maximum Gasteiger partial charge on any atom is 0.410 e. The molecule has 0 bridgehead atoms. The van der Waals surface area contributed by atoms with E-state index < -0.39 is 5.60 Å². The predicted molar refractivity (Wildman–Crippen MR) is 77.4 cm³/mol. The minimum absolute atomic E-state index is 0.116. The van der Waals surface area contributed by atoms with E-state index in [1.54, 1.807) is 4.90 Å². The Kier molecular flexibility index (Phi) is 4.33. The highest BCUT2D eigenvalue weighted by Gasteiger charge is 2.34. The monoisotopic (exact) mass is 277 g/mol. The minimum Gasteiger partial charge on any atom is -0.444 e. The van der Waals surface area contributed by atoms with Crippen LogP contribution in [0.5, 0.6) is 0 Å². The summed E-state index contributed by atoms with van der Waals surface area (Å²) in [6.07, 6.45) is 0.489. The summed E-state index contributed by atoms with van der Waals surface area (Å²) < 4.78 is 5.47. The fourth-order valence-corrected chi connectivity index (χ4v) is 2.48. The van der Waals surface area contributed by atoms with Gasteiger partial charge in [-0.05, 0) is 39.2 Å². The van der Waals surface area contributed by atoms with Crippen molar-refractivity contribution in [2.45, 2.75) is 51.4 Å². The second-order valence-electron chi connectivity index (χ2n) is 6.28. The first-order valence-electron chi connectivity index (χ1n) is 7.09. The van der Waals surface area contributed by atoms with E-state index in [1.165, 1.54) is 0 Å². The molecule has 0 saturated carbocycles. The van der Waals surface area contributed by atoms with Crippen molar-refractivity contribution in [2.24, 2.45) is 0 Å². The van der Waals surface area contributed by atoms with Gasteiger partial charge in [-0.3, -0.25) is 0 Å². The number of benzene rings is 1. The van der Waals surface area contributed by atoms with Gasteiger partial charge >= 0.3 is 6.09 Å². The van der Waals surface area contributed by atoms with Crippen LogP contribution in [-0.4, -0.2) is 34.3 Å². The summed E-state index contributed by atoms with van der Waals surface area (Å²) in [4.78, 5) is 14.1. The molecule has 0 spiro atoms. The van der Waals surface area contributed by atoms with E-state index in [2.05, 4.69) is 0 Å². The quantitative estimate of drug-likeness (QED) is 0.858. The average molecular weight is 277 g/mol. The molecule has 0 radical (unpaired) electrons. The number of rotatable bonds is 1. The smallest absolute Gasteiger partial charge is 0.410 e. The largest absolute Gasteiger partial charge is 0.444 e. The highest BCUT2D eigenvalue weighted by molar-refractivity contribution is 5.69. The molecule has 1 heterocycles. The number of ether oxygens (including phenoxy) is 1. The summed E-state index contributed by atoms with van der Waals surface area (Å²) in [6.45, 7) is 6.11. The molecule has 1 amide bonds. The van der Waals surface area contributed by atoms with Crippen molar-refractivity contribution in [3.63, 3.8) is 0 Å². The highest BCUT2D eigenvalue weighted by atomic mass is 16.6. The van der Waals surface area contributed by atoms with Crippen molar-refractivity contribution in [3.8, 4) is 0 Å². The lowest BCUT2D eigenvalue weighted by atomic mass is 9.94. The normalized spacial score (nSPS) is 23.5. The van der Waals surface area contributed by atoms with Crippen molar-refractivity contribution >= 4 is 6.09 Å². The number of likely N-dealkylation sites (tertiary alicyclic amines) is 1. The van der Waals surface area contributed by atoms with Crippen molar-refractivity contribution in [3.05, 3.63) is 35.9 Å². The Morgan fingerprint density at radius 1 is 1.30 bits per heavy atom. The minimum atomic E-state index is -0.506. The third-order valence-electron chi connectivity index (χ3n) is 3.39. The van der Waals surface area contributed by atoms with Gasteiger partial charge in [-0.15, -0.1) is 0 Å². The lowest BCUT2D eigenvalue weighted by molar-refractivity contribution is -0.00842. The van der Waals surface area contributed by atoms with E-state index in [1.807, 2.05) is 51.1 Å². The maximum atomic E-state index is 12.3. The van der Waals surface area contributed by atoms with Crippen molar-refractivity contribution < 1.29 is 14.6 Å². The third kappa shape index (κ3) is 3.73. The Labute approximate surface area is 120 Å². The molecular formula is C16H23NO3. The third-order valence-corrected chi connectivity index (χ3v) is 3.39. The van der Waals surface area contributed by atoms with Gasteiger partial charge in [0.25, 0.3) is 0 Å². The van der Waals surface area contributed by atoms with Gasteiger partial charge in [0, 0.05) is 6.54 Å². The fraction of sp³-hybridized carbons (Fsp3) is 0.562. The number of carbonyl (C=O) groups excluding carboxylic acids is 1. The predicted octanol–water partition coefficient (Wildman–Crippen LogP) is 3.12. The van der Waals surface area contributed by atoms with Crippen molar-refractivity contribution in [1.29, 1.82) is 0 Å². The van der Waals surface area contributed by atoms with E-state index >= 15 is 0 Å². The van der Waals surface area contributed by atoms with Crippen molar-refractivity contribution in [2.75, 3.05) is 6.54 Å². The molecule has 1 N–H and O–H groups in total. The summed E-state index contributed by atoms with van der Waals surface area (Å²) in [5, 5.41) is 9.89. The van der Waals surface area contributed by atoms with E-state index in [-0.39, 0.29) is 18.2 Å². The van der Waals surface area contributed by atoms with E-state index in [9.17, 15) is 9.90 Å². The Morgan fingerprint density at radius 3 is 2.55 bits per heavy atom. The number of carbonyl (C=O) groups is 1. The van der Waals surface area contributed by atoms with Gasteiger partial charge in [-0.1, -0.05) is 30.3 Å². The summed E-state index contributed by atoms with van der Waals surface area (Å²) in [6, 6.07) is 9.70. The molecule has 1 aromatic rings. The number of nitrogens with zero attached hydrogens (tertiary/aromatic N) is 1. The number of amides is 1. The summed E-state index contributed by atoms with van der Waals surface area (Å²) in [5.74, 6) is 0. The molecule has 1 aliphatic rings. The van der Waals surface area contributed by atoms with Crippen LogP contribution in [0.15, 0.2) is 30.3 Å². The van der Waals surface area contributed by atoms with Gasteiger partial charge < -0.3 is 14.7 Å². The molecule has 4 heteroatoms. The van der Waals surface area contributed by atoms with Gasteiger partial charge in [-0.2, -0.15) is 0 Å². The molecule has 4 nitrogen and oxygen atoms in total. The molecule has 1 fully saturated rings. The molecule has 1 aliphatic heterocycles. The number of hydrogen-bond acceptors (Lipinski definition) is 3. The van der Waals surface area contributed by atoms with Crippen LogP contribution in [0.1, 0.15) is 45.2 Å². The highest BCUT2D eigenvalue weighted by Crippen LogP contribution is 2.32.